The molecule has 2 saturated heterocycles. The van der Waals surface area contributed by atoms with E-state index in [4.69, 9.17) is 4.74 Å². The monoisotopic (exact) mass is 389 g/mol. The summed E-state index contributed by atoms with van der Waals surface area (Å²) in [5.74, 6) is 0.662. The molecule has 7 heteroatoms. The smallest absolute Gasteiger partial charge is 0.271 e. The fourth-order valence-corrected chi connectivity index (χ4v) is 3.96. The SMILES string of the molecule is CC(C)NC(=O)c1cnc(N2CCC(OC3CCN(C(C)C)CC3)CC2)cn1. The van der Waals surface area contributed by atoms with Crippen LogP contribution in [0.3, 0.4) is 0 Å². The van der Waals surface area contributed by atoms with Gasteiger partial charge >= 0.3 is 0 Å². The molecule has 0 atom stereocenters. The number of nitrogens with one attached hydrogen (secondary N) is 1. The van der Waals surface area contributed by atoms with Gasteiger partial charge in [-0.25, -0.2) is 9.97 Å². The minimum Gasteiger partial charge on any atom is -0.375 e. The number of aromatic nitrogens is 2. The molecule has 0 spiro atoms. The van der Waals surface area contributed by atoms with Crippen molar-refractivity contribution in [3.05, 3.63) is 18.1 Å². The molecule has 156 valence electrons. The summed E-state index contributed by atoms with van der Waals surface area (Å²) in [6.07, 6.45) is 8.34. The molecule has 3 heterocycles. The average Bonchev–Trinajstić information content (AvgIpc) is 2.68. The first kappa shape index (κ1) is 21.0. The molecule has 0 bridgehead atoms. The molecule has 1 N–H and O–H groups in total. The van der Waals surface area contributed by atoms with Crippen LogP contribution in [0.25, 0.3) is 0 Å². The maximum atomic E-state index is 12.0. The number of rotatable bonds is 6. The Labute approximate surface area is 168 Å². The lowest BCUT2D eigenvalue weighted by atomic mass is 10.0. The predicted molar refractivity (Wildman–Crippen MR) is 111 cm³/mol. The third-order valence-electron chi connectivity index (χ3n) is 5.65. The number of hydrogen-bond donors (Lipinski definition) is 1. The van der Waals surface area contributed by atoms with Gasteiger partial charge in [-0.1, -0.05) is 0 Å². The van der Waals surface area contributed by atoms with E-state index in [0.717, 1.165) is 57.7 Å². The van der Waals surface area contributed by atoms with Crippen LogP contribution in [0.4, 0.5) is 5.82 Å². The maximum absolute atomic E-state index is 12.0. The minimum absolute atomic E-state index is 0.0885. The molecule has 2 aliphatic rings. The fourth-order valence-electron chi connectivity index (χ4n) is 3.96. The first-order valence-corrected chi connectivity index (χ1v) is 10.7. The van der Waals surface area contributed by atoms with Crippen molar-refractivity contribution < 1.29 is 9.53 Å². The highest BCUT2D eigenvalue weighted by Crippen LogP contribution is 2.23. The summed E-state index contributed by atoms with van der Waals surface area (Å²) in [5.41, 5.74) is 0.364. The highest BCUT2D eigenvalue weighted by Gasteiger charge is 2.27. The second-order valence-electron chi connectivity index (χ2n) is 8.54. The van der Waals surface area contributed by atoms with Gasteiger partial charge in [0.1, 0.15) is 11.5 Å². The van der Waals surface area contributed by atoms with Gasteiger partial charge in [0.15, 0.2) is 0 Å². The molecule has 1 amide bonds. The second kappa shape index (κ2) is 9.65. The highest BCUT2D eigenvalue weighted by atomic mass is 16.5. The van der Waals surface area contributed by atoms with Crippen LogP contribution in [0.5, 0.6) is 0 Å². The quantitative estimate of drug-likeness (QED) is 0.806. The lowest BCUT2D eigenvalue weighted by molar-refractivity contribution is -0.0540. The van der Waals surface area contributed by atoms with E-state index in [0.29, 0.717) is 23.9 Å². The van der Waals surface area contributed by atoms with Crippen molar-refractivity contribution in [1.29, 1.82) is 0 Å². The summed E-state index contributed by atoms with van der Waals surface area (Å²) in [6, 6.07) is 0.721. The van der Waals surface area contributed by atoms with E-state index in [1.807, 2.05) is 13.8 Å². The van der Waals surface area contributed by atoms with Crippen molar-refractivity contribution in [2.45, 2.75) is 77.7 Å². The van der Waals surface area contributed by atoms with Gasteiger partial charge in [0.2, 0.25) is 0 Å². The Bertz CT molecular complexity index is 618. The molecule has 0 unspecified atom stereocenters. The Morgan fingerprint density at radius 3 is 2.11 bits per heavy atom. The van der Waals surface area contributed by atoms with Crippen LogP contribution in [0, 0.1) is 0 Å². The number of amides is 1. The number of ether oxygens (including phenoxy) is 1. The minimum atomic E-state index is -0.176. The van der Waals surface area contributed by atoms with E-state index in [1.54, 1.807) is 12.4 Å². The van der Waals surface area contributed by atoms with Crippen molar-refractivity contribution >= 4 is 11.7 Å². The Morgan fingerprint density at radius 2 is 1.61 bits per heavy atom. The number of anilines is 1. The fraction of sp³-hybridized carbons (Fsp3) is 0.762. The molecule has 0 aromatic carbocycles. The van der Waals surface area contributed by atoms with Gasteiger partial charge in [0, 0.05) is 38.3 Å². The van der Waals surface area contributed by atoms with E-state index in [2.05, 4.69) is 38.9 Å². The zero-order valence-corrected chi connectivity index (χ0v) is 17.7. The second-order valence-corrected chi connectivity index (χ2v) is 8.54. The van der Waals surface area contributed by atoms with Crippen LogP contribution in [0.2, 0.25) is 0 Å². The zero-order chi connectivity index (χ0) is 20.1. The molecule has 0 aliphatic carbocycles. The Morgan fingerprint density at radius 1 is 1.00 bits per heavy atom. The van der Waals surface area contributed by atoms with Crippen molar-refractivity contribution in [3.63, 3.8) is 0 Å². The number of nitrogens with zero attached hydrogens (tertiary/aromatic N) is 4. The molecule has 1 aromatic rings. The van der Waals surface area contributed by atoms with E-state index in [1.165, 1.54) is 0 Å². The van der Waals surface area contributed by atoms with Gasteiger partial charge in [0.25, 0.3) is 5.91 Å². The van der Waals surface area contributed by atoms with E-state index in [9.17, 15) is 4.79 Å². The van der Waals surface area contributed by atoms with Gasteiger partial charge < -0.3 is 19.9 Å². The normalized spacial score (nSPS) is 20.1. The van der Waals surface area contributed by atoms with Crippen molar-refractivity contribution in [3.8, 4) is 0 Å². The molecule has 0 radical (unpaired) electrons. The molecule has 3 rings (SSSR count). The summed E-state index contributed by atoms with van der Waals surface area (Å²) in [4.78, 5) is 25.5. The van der Waals surface area contributed by atoms with Gasteiger partial charge in [-0.15, -0.1) is 0 Å². The molecule has 7 nitrogen and oxygen atoms in total. The van der Waals surface area contributed by atoms with Crippen molar-refractivity contribution in [2.24, 2.45) is 0 Å². The molecular formula is C21H35N5O2. The molecule has 28 heavy (non-hydrogen) atoms. The van der Waals surface area contributed by atoms with Gasteiger partial charge in [-0.05, 0) is 53.4 Å². The van der Waals surface area contributed by atoms with Gasteiger partial charge in [-0.3, -0.25) is 4.79 Å². The van der Waals surface area contributed by atoms with E-state index < -0.39 is 0 Å². The van der Waals surface area contributed by atoms with Gasteiger partial charge in [-0.2, -0.15) is 0 Å². The summed E-state index contributed by atoms with van der Waals surface area (Å²) in [6.45, 7) is 12.5. The number of carbonyl (C=O) groups is 1. The van der Waals surface area contributed by atoms with Gasteiger partial charge in [0.05, 0.1) is 24.6 Å². The summed E-state index contributed by atoms with van der Waals surface area (Å²) in [5, 5.41) is 2.84. The number of piperidine rings is 2. The van der Waals surface area contributed by atoms with Crippen molar-refractivity contribution in [1.82, 2.24) is 20.2 Å². The molecular weight excluding hydrogens is 354 g/mol. The molecule has 2 aliphatic heterocycles. The lowest BCUT2D eigenvalue weighted by Crippen LogP contribution is -2.44. The highest BCUT2D eigenvalue weighted by molar-refractivity contribution is 5.92. The standard InChI is InChI=1S/C21H35N5O2/c1-15(2)24-21(27)19-13-23-20(14-22-19)26-11-7-18(8-12-26)28-17-5-9-25(10-6-17)16(3)4/h13-18H,5-12H2,1-4H3,(H,24,27). The Kier molecular flexibility index (Phi) is 7.24. The Hall–Kier alpha value is -1.73. The Balaban J connectivity index is 1.43. The first-order chi connectivity index (χ1) is 13.4. The summed E-state index contributed by atoms with van der Waals surface area (Å²) in [7, 11) is 0. The third kappa shape index (κ3) is 5.64. The summed E-state index contributed by atoms with van der Waals surface area (Å²) < 4.78 is 6.39. The molecule has 0 saturated carbocycles. The summed E-state index contributed by atoms with van der Waals surface area (Å²) >= 11 is 0. The van der Waals surface area contributed by atoms with Crippen molar-refractivity contribution in [2.75, 3.05) is 31.1 Å². The number of hydrogen-bond acceptors (Lipinski definition) is 6. The van der Waals surface area contributed by atoms with Crippen LogP contribution < -0.4 is 10.2 Å². The number of carbonyl (C=O) groups excluding carboxylic acids is 1. The molecule has 2 fully saturated rings. The van der Waals surface area contributed by atoms with E-state index >= 15 is 0 Å². The van der Waals surface area contributed by atoms with Crippen LogP contribution in [0.1, 0.15) is 63.9 Å². The third-order valence-corrected chi connectivity index (χ3v) is 5.65. The van der Waals surface area contributed by atoms with Crippen LogP contribution in [0.15, 0.2) is 12.4 Å². The largest absolute Gasteiger partial charge is 0.375 e. The van der Waals surface area contributed by atoms with E-state index in [-0.39, 0.29) is 11.9 Å². The lowest BCUT2D eigenvalue weighted by Gasteiger charge is -2.38. The topological polar surface area (TPSA) is 70.6 Å². The number of likely N-dealkylation sites (tertiary alicyclic amines) is 1. The van der Waals surface area contributed by atoms with Crippen LogP contribution >= 0.6 is 0 Å². The maximum Gasteiger partial charge on any atom is 0.271 e. The first-order valence-electron chi connectivity index (χ1n) is 10.7. The predicted octanol–water partition coefficient (Wildman–Crippen LogP) is 2.47. The van der Waals surface area contributed by atoms with Crippen LogP contribution in [-0.4, -0.2) is 71.2 Å². The van der Waals surface area contributed by atoms with Crippen LogP contribution in [-0.2, 0) is 4.74 Å². The molecule has 1 aromatic heterocycles. The zero-order valence-electron chi connectivity index (χ0n) is 17.7. The average molecular weight is 390 g/mol.